The lowest BCUT2D eigenvalue weighted by molar-refractivity contribution is 1.05. The van der Waals surface area contributed by atoms with Gasteiger partial charge >= 0.3 is 0 Å². The summed E-state index contributed by atoms with van der Waals surface area (Å²) in [4.78, 5) is 0. The third-order valence-corrected chi connectivity index (χ3v) is 0.911. The monoisotopic (exact) mass is 111 g/mol. The van der Waals surface area contributed by atoms with Crippen molar-refractivity contribution in [1.29, 1.82) is 0 Å². The van der Waals surface area contributed by atoms with Crippen molar-refractivity contribution in [3.63, 3.8) is 0 Å². The van der Waals surface area contributed by atoms with Crippen LogP contribution >= 0.6 is 0 Å². The molecule has 0 radical (unpaired) electrons. The first-order valence-corrected chi connectivity index (χ1v) is 2.82. The van der Waals surface area contributed by atoms with E-state index in [2.05, 4.69) is 5.32 Å². The summed E-state index contributed by atoms with van der Waals surface area (Å²) in [6, 6.07) is 0. The number of nitrogens with one attached hydrogen (secondary N) is 1. The Hall–Kier alpha value is -0.720. The van der Waals surface area contributed by atoms with Gasteiger partial charge in [0.25, 0.3) is 0 Å². The van der Waals surface area contributed by atoms with E-state index in [4.69, 9.17) is 0 Å². The molecule has 0 spiro atoms. The highest BCUT2D eigenvalue weighted by Crippen LogP contribution is 1.82. The van der Waals surface area contributed by atoms with Crippen LogP contribution in [-0.2, 0) is 0 Å². The van der Waals surface area contributed by atoms with E-state index in [9.17, 15) is 0 Å². The molecule has 0 rings (SSSR count). The van der Waals surface area contributed by atoms with Crippen LogP contribution in [0.25, 0.3) is 0 Å². The number of allylic oxidation sites excluding steroid dienone is 3. The van der Waals surface area contributed by atoms with Crippen molar-refractivity contribution in [2.24, 2.45) is 0 Å². The first-order chi connectivity index (χ1) is 3.81. The van der Waals surface area contributed by atoms with E-state index in [0.29, 0.717) is 0 Å². The van der Waals surface area contributed by atoms with Crippen LogP contribution in [0.2, 0.25) is 0 Å². The van der Waals surface area contributed by atoms with Crippen molar-refractivity contribution in [2.75, 3.05) is 0 Å². The highest BCUT2D eigenvalue weighted by molar-refractivity contribution is 4.97. The predicted molar refractivity (Wildman–Crippen MR) is 37.4 cm³/mol. The fourth-order valence-electron chi connectivity index (χ4n) is 0.298. The third kappa shape index (κ3) is 3.47. The maximum atomic E-state index is 3.06. The normalized spacial score (nSPS) is 12.6. The Morgan fingerprint density at radius 1 is 1.38 bits per heavy atom. The van der Waals surface area contributed by atoms with Gasteiger partial charge in [0.05, 0.1) is 0 Å². The topological polar surface area (TPSA) is 12.0 Å². The summed E-state index contributed by atoms with van der Waals surface area (Å²) in [5.74, 6) is 0. The zero-order chi connectivity index (χ0) is 6.41. The summed E-state index contributed by atoms with van der Waals surface area (Å²) in [6.07, 6.45) is 5.91. The van der Waals surface area contributed by atoms with Crippen LogP contribution in [0.4, 0.5) is 0 Å². The molecule has 0 fully saturated rings. The fourth-order valence-corrected chi connectivity index (χ4v) is 0.298. The van der Waals surface area contributed by atoms with Gasteiger partial charge in [-0.25, -0.2) is 0 Å². The minimum Gasteiger partial charge on any atom is -0.366 e. The molecule has 0 atom stereocenters. The van der Waals surface area contributed by atoms with Gasteiger partial charge in [0, 0.05) is 5.70 Å². The van der Waals surface area contributed by atoms with Crippen LogP contribution in [0.15, 0.2) is 24.0 Å². The number of hydrogen-bond acceptors (Lipinski definition) is 1. The summed E-state index contributed by atoms with van der Waals surface area (Å²) in [6.45, 7) is 6.02. The largest absolute Gasteiger partial charge is 0.366 e. The van der Waals surface area contributed by atoms with Crippen LogP contribution in [0, 0.1) is 0 Å². The lowest BCUT2D eigenvalue weighted by atomic mass is 10.4. The molecule has 0 aliphatic carbocycles. The van der Waals surface area contributed by atoms with Crippen LogP contribution in [0.1, 0.15) is 20.8 Å². The predicted octanol–water partition coefficient (Wildman–Crippen LogP) is 2.03. The van der Waals surface area contributed by atoms with Gasteiger partial charge in [0.1, 0.15) is 0 Å². The molecule has 0 bridgehead atoms. The Kier molecular flexibility index (Phi) is 4.04. The molecule has 0 unspecified atom stereocenters. The second-order valence-corrected chi connectivity index (χ2v) is 1.62. The van der Waals surface area contributed by atoms with E-state index in [1.165, 1.54) is 5.70 Å². The van der Waals surface area contributed by atoms with Gasteiger partial charge < -0.3 is 5.32 Å². The molecule has 0 amide bonds. The van der Waals surface area contributed by atoms with Gasteiger partial charge in [0.2, 0.25) is 0 Å². The summed E-state index contributed by atoms with van der Waals surface area (Å²) >= 11 is 0. The summed E-state index contributed by atoms with van der Waals surface area (Å²) < 4.78 is 0. The van der Waals surface area contributed by atoms with E-state index in [1.807, 2.05) is 39.1 Å². The molecule has 8 heavy (non-hydrogen) atoms. The van der Waals surface area contributed by atoms with Crippen LogP contribution < -0.4 is 5.32 Å². The standard InChI is InChI=1S/C7H13N/c1-4-6-8-7(3)5-2/h4-6,8H,1-3H3/b6-4-,7-5-. The zero-order valence-electron chi connectivity index (χ0n) is 5.73. The van der Waals surface area contributed by atoms with Gasteiger partial charge in [0.15, 0.2) is 0 Å². The smallest absolute Gasteiger partial charge is 0.00713 e. The molecule has 0 aliphatic rings. The van der Waals surface area contributed by atoms with Gasteiger partial charge in [-0.3, -0.25) is 0 Å². The molecule has 0 saturated carbocycles. The Bertz CT molecular complexity index is 101. The van der Waals surface area contributed by atoms with Gasteiger partial charge in [-0.2, -0.15) is 0 Å². The Morgan fingerprint density at radius 2 is 2.00 bits per heavy atom. The molecule has 1 heteroatoms. The molecular weight excluding hydrogens is 98.1 g/mol. The minimum atomic E-state index is 1.18. The van der Waals surface area contributed by atoms with Crippen molar-refractivity contribution in [1.82, 2.24) is 5.32 Å². The lowest BCUT2D eigenvalue weighted by Gasteiger charge is -1.94. The third-order valence-electron chi connectivity index (χ3n) is 0.911. The molecule has 0 aromatic carbocycles. The summed E-state index contributed by atoms with van der Waals surface area (Å²) in [5, 5.41) is 3.06. The Morgan fingerprint density at radius 3 is 2.38 bits per heavy atom. The maximum absolute atomic E-state index is 3.06. The zero-order valence-corrected chi connectivity index (χ0v) is 5.73. The van der Waals surface area contributed by atoms with E-state index in [-0.39, 0.29) is 0 Å². The molecule has 0 aromatic rings. The number of hydrogen-bond donors (Lipinski definition) is 1. The first-order valence-electron chi connectivity index (χ1n) is 2.82. The molecular formula is C7H13N. The molecule has 0 aliphatic heterocycles. The van der Waals surface area contributed by atoms with E-state index >= 15 is 0 Å². The van der Waals surface area contributed by atoms with E-state index in [1.54, 1.807) is 0 Å². The SMILES string of the molecule is C/C=C\N/C(C)=C\C. The van der Waals surface area contributed by atoms with Crippen LogP contribution in [0.3, 0.4) is 0 Å². The van der Waals surface area contributed by atoms with Gasteiger partial charge in [-0.15, -0.1) is 0 Å². The van der Waals surface area contributed by atoms with Crippen molar-refractivity contribution in [2.45, 2.75) is 20.8 Å². The molecule has 1 nitrogen and oxygen atoms in total. The Labute approximate surface area is 51.1 Å². The highest BCUT2D eigenvalue weighted by atomic mass is 14.8. The quantitative estimate of drug-likeness (QED) is 0.575. The van der Waals surface area contributed by atoms with Crippen molar-refractivity contribution >= 4 is 0 Å². The molecule has 0 aromatic heterocycles. The van der Waals surface area contributed by atoms with E-state index in [0.717, 1.165) is 0 Å². The first kappa shape index (κ1) is 7.28. The average Bonchev–Trinajstić information content (AvgIpc) is 1.83. The summed E-state index contributed by atoms with van der Waals surface area (Å²) in [5.41, 5.74) is 1.18. The molecule has 0 heterocycles. The number of rotatable bonds is 2. The Balaban J connectivity index is 3.40. The molecule has 1 N–H and O–H groups in total. The minimum absolute atomic E-state index is 1.18. The highest BCUT2D eigenvalue weighted by Gasteiger charge is 1.73. The maximum Gasteiger partial charge on any atom is 0.00713 e. The molecule has 0 saturated heterocycles. The van der Waals surface area contributed by atoms with Crippen LogP contribution in [-0.4, -0.2) is 0 Å². The van der Waals surface area contributed by atoms with Crippen molar-refractivity contribution in [3.8, 4) is 0 Å². The second kappa shape index (κ2) is 4.44. The van der Waals surface area contributed by atoms with Gasteiger partial charge in [-0.1, -0.05) is 12.2 Å². The van der Waals surface area contributed by atoms with Crippen molar-refractivity contribution in [3.05, 3.63) is 24.0 Å². The lowest BCUT2D eigenvalue weighted by Crippen LogP contribution is -1.98. The van der Waals surface area contributed by atoms with Crippen molar-refractivity contribution < 1.29 is 0 Å². The molecule has 46 valence electrons. The summed E-state index contributed by atoms with van der Waals surface area (Å²) in [7, 11) is 0. The average molecular weight is 111 g/mol. The van der Waals surface area contributed by atoms with Gasteiger partial charge in [-0.05, 0) is 27.0 Å². The van der Waals surface area contributed by atoms with E-state index < -0.39 is 0 Å². The fraction of sp³-hybridized carbons (Fsp3) is 0.429. The second-order valence-electron chi connectivity index (χ2n) is 1.62. The van der Waals surface area contributed by atoms with Crippen LogP contribution in [0.5, 0.6) is 0 Å².